The monoisotopic (exact) mass is 261 g/mol. The second kappa shape index (κ2) is 5.14. The second-order valence-corrected chi connectivity index (χ2v) is 4.20. The molecule has 100 valence electrons. The number of ether oxygens (including phenoxy) is 1. The van der Waals surface area contributed by atoms with Crippen molar-refractivity contribution in [3.05, 3.63) is 40.2 Å². The molecule has 0 radical (unpaired) electrons. The van der Waals surface area contributed by atoms with E-state index in [4.69, 9.17) is 9.84 Å². The van der Waals surface area contributed by atoms with Gasteiger partial charge in [0.05, 0.1) is 19.0 Å². The lowest BCUT2D eigenvalue weighted by atomic mass is 10.1. The molecule has 0 saturated heterocycles. The Labute approximate surface area is 110 Å². The van der Waals surface area contributed by atoms with Crippen LogP contribution >= 0.6 is 0 Å². The smallest absolute Gasteiger partial charge is 0.309 e. The summed E-state index contributed by atoms with van der Waals surface area (Å²) in [6, 6.07) is 6.61. The quantitative estimate of drug-likeness (QED) is 0.908. The van der Waals surface area contributed by atoms with Crippen molar-refractivity contribution < 1.29 is 14.6 Å². The SMILES string of the molecule is CCn1c(CC(=O)O)cc(=O)c2cc(OC)ccc21. The number of hydrogen-bond donors (Lipinski definition) is 1. The highest BCUT2D eigenvalue weighted by molar-refractivity contribution is 5.82. The standard InChI is InChI=1S/C14H15NO4/c1-3-15-9(7-14(17)18)6-13(16)11-8-10(19-2)4-5-12(11)15/h4-6,8H,3,7H2,1-2H3,(H,17,18). The number of carbonyl (C=O) groups is 1. The number of nitrogens with zero attached hydrogens (tertiary/aromatic N) is 1. The Balaban J connectivity index is 2.75. The van der Waals surface area contributed by atoms with Crippen LogP contribution in [0.3, 0.4) is 0 Å². The molecule has 5 nitrogen and oxygen atoms in total. The molecule has 0 amide bonds. The third-order valence-corrected chi connectivity index (χ3v) is 3.05. The summed E-state index contributed by atoms with van der Waals surface area (Å²) in [5, 5.41) is 9.43. The zero-order valence-electron chi connectivity index (χ0n) is 10.8. The van der Waals surface area contributed by atoms with Crippen molar-refractivity contribution in [2.75, 3.05) is 7.11 Å². The first-order chi connectivity index (χ1) is 9.06. The number of hydrogen-bond acceptors (Lipinski definition) is 3. The fourth-order valence-corrected chi connectivity index (χ4v) is 2.21. The van der Waals surface area contributed by atoms with E-state index in [-0.39, 0.29) is 11.8 Å². The Hall–Kier alpha value is -2.30. The van der Waals surface area contributed by atoms with E-state index in [1.54, 1.807) is 18.2 Å². The number of rotatable bonds is 4. The van der Waals surface area contributed by atoms with Crippen molar-refractivity contribution >= 4 is 16.9 Å². The van der Waals surface area contributed by atoms with Crippen molar-refractivity contribution in [3.8, 4) is 5.75 Å². The number of pyridine rings is 1. The lowest BCUT2D eigenvalue weighted by Crippen LogP contribution is -2.16. The van der Waals surface area contributed by atoms with Crippen molar-refractivity contribution in [1.82, 2.24) is 4.57 Å². The van der Waals surface area contributed by atoms with E-state index < -0.39 is 5.97 Å². The van der Waals surface area contributed by atoms with Crippen LogP contribution in [-0.2, 0) is 17.8 Å². The van der Waals surface area contributed by atoms with E-state index in [2.05, 4.69) is 0 Å². The lowest BCUT2D eigenvalue weighted by Gasteiger charge is -2.14. The second-order valence-electron chi connectivity index (χ2n) is 4.20. The third-order valence-electron chi connectivity index (χ3n) is 3.05. The van der Waals surface area contributed by atoms with Gasteiger partial charge in [0.25, 0.3) is 0 Å². The molecular formula is C14H15NO4. The molecular weight excluding hydrogens is 246 g/mol. The van der Waals surface area contributed by atoms with E-state index in [0.717, 1.165) is 5.52 Å². The number of fused-ring (bicyclic) bond motifs is 1. The van der Waals surface area contributed by atoms with Crippen molar-refractivity contribution in [2.45, 2.75) is 19.9 Å². The van der Waals surface area contributed by atoms with Gasteiger partial charge in [0.15, 0.2) is 5.43 Å². The molecule has 1 aromatic carbocycles. The zero-order valence-corrected chi connectivity index (χ0v) is 10.8. The summed E-state index contributed by atoms with van der Waals surface area (Å²) in [7, 11) is 1.54. The molecule has 0 bridgehead atoms. The first kappa shape index (κ1) is 13.1. The normalized spacial score (nSPS) is 10.6. The van der Waals surface area contributed by atoms with Crippen LogP contribution in [0.1, 0.15) is 12.6 Å². The number of aliphatic carboxylic acids is 1. The average molecular weight is 261 g/mol. The summed E-state index contributed by atoms with van der Waals surface area (Å²) in [4.78, 5) is 22.9. The van der Waals surface area contributed by atoms with Gasteiger partial charge in [0, 0.05) is 23.7 Å². The molecule has 0 saturated carbocycles. The largest absolute Gasteiger partial charge is 0.497 e. The molecule has 19 heavy (non-hydrogen) atoms. The van der Waals surface area contributed by atoms with Crippen LogP contribution in [-0.4, -0.2) is 22.8 Å². The van der Waals surface area contributed by atoms with Gasteiger partial charge in [-0.15, -0.1) is 0 Å². The number of carboxylic acids is 1. The van der Waals surface area contributed by atoms with Gasteiger partial charge in [0.1, 0.15) is 5.75 Å². The molecule has 0 unspecified atom stereocenters. The minimum absolute atomic E-state index is 0.162. The van der Waals surface area contributed by atoms with Crippen LogP contribution in [0.2, 0.25) is 0 Å². The summed E-state index contributed by atoms with van der Waals surface area (Å²) in [6.07, 6.45) is -0.162. The molecule has 5 heteroatoms. The first-order valence-corrected chi connectivity index (χ1v) is 5.99. The number of aromatic nitrogens is 1. The molecule has 1 heterocycles. The molecule has 0 aliphatic rings. The van der Waals surface area contributed by atoms with E-state index in [0.29, 0.717) is 23.4 Å². The Morgan fingerprint density at radius 1 is 1.37 bits per heavy atom. The van der Waals surface area contributed by atoms with Crippen LogP contribution in [0.15, 0.2) is 29.1 Å². The molecule has 2 aromatic rings. The van der Waals surface area contributed by atoms with Crippen LogP contribution in [0.25, 0.3) is 10.9 Å². The van der Waals surface area contributed by atoms with Gasteiger partial charge >= 0.3 is 5.97 Å². The zero-order chi connectivity index (χ0) is 14.0. The molecule has 2 rings (SSSR count). The lowest BCUT2D eigenvalue weighted by molar-refractivity contribution is -0.136. The maximum Gasteiger partial charge on any atom is 0.309 e. The van der Waals surface area contributed by atoms with Gasteiger partial charge in [-0.25, -0.2) is 0 Å². The summed E-state index contributed by atoms with van der Waals surface area (Å²) in [6.45, 7) is 2.52. The Morgan fingerprint density at radius 3 is 2.68 bits per heavy atom. The van der Waals surface area contributed by atoms with E-state index in [1.807, 2.05) is 11.5 Å². The predicted octanol–water partition coefficient (Wildman–Crippen LogP) is 1.66. The highest BCUT2D eigenvalue weighted by Gasteiger charge is 2.11. The molecule has 0 fully saturated rings. The van der Waals surface area contributed by atoms with E-state index in [9.17, 15) is 9.59 Å². The maximum atomic E-state index is 12.1. The third kappa shape index (κ3) is 2.45. The highest BCUT2D eigenvalue weighted by Crippen LogP contribution is 2.19. The van der Waals surface area contributed by atoms with Crippen molar-refractivity contribution in [2.24, 2.45) is 0 Å². The van der Waals surface area contributed by atoms with Crippen molar-refractivity contribution in [1.29, 1.82) is 0 Å². The summed E-state index contributed by atoms with van der Waals surface area (Å²) in [5.41, 5.74) is 1.06. The van der Waals surface area contributed by atoms with Crippen LogP contribution in [0, 0.1) is 0 Å². The van der Waals surface area contributed by atoms with Gasteiger partial charge in [-0.3, -0.25) is 9.59 Å². The Bertz CT molecular complexity index is 688. The fraction of sp³-hybridized carbons (Fsp3) is 0.286. The summed E-state index contributed by atoms with van der Waals surface area (Å²) < 4.78 is 6.94. The predicted molar refractivity (Wildman–Crippen MR) is 71.8 cm³/mol. The van der Waals surface area contributed by atoms with Crippen LogP contribution < -0.4 is 10.2 Å². The van der Waals surface area contributed by atoms with Gasteiger partial charge in [-0.05, 0) is 25.1 Å². The van der Waals surface area contributed by atoms with Crippen LogP contribution in [0.5, 0.6) is 5.75 Å². The van der Waals surface area contributed by atoms with E-state index >= 15 is 0 Å². The summed E-state index contributed by atoms with van der Waals surface area (Å²) in [5.74, 6) is -0.340. The molecule has 1 aromatic heterocycles. The molecule has 0 atom stereocenters. The maximum absolute atomic E-state index is 12.1. The molecule has 0 spiro atoms. The number of aryl methyl sites for hydroxylation is 1. The fourth-order valence-electron chi connectivity index (χ4n) is 2.21. The first-order valence-electron chi connectivity index (χ1n) is 5.99. The summed E-state index contributed by atoms with van der Waals surface area (Å²) >= 11 is 0. The topological polar surface area (TPSA) is 68.5 Å². The van der Waals surface area contributed by atoms with Crippen LogP contribution in [0.4, 0.5) is 0 Å². The number of methoxy groups -OCH3 is 1. The average Bonchev–Trinajstić information content (AvgIpc) is 2.38. The number of carboxylic acid groups (broad SMARTS) is 1. The van der Waals surface area contributed by atoms with Gasteiger partial charge < -0.3 is 14.4 Å². The van der Waals surface area contributed by atoms with Gasteiger partial charge in [-0.1, -0.05) is 0 Å². The van der Waals surface area contributed by atoms with Gasteiger partial charge in [-0.2, -0.15) is 0 Å². The minimum Gasteiger partial charge on any atom is -0.497 e. The molecule has 0 aliphatic carbocycles. The minimum atomic E-state index is -0.950. The van der Waals surface area contributed by atoms with Gasteiger partial charge in [0.2, 0.25) is 0 Å². The molecule has 1 N–H and O–H groups in total. The van der Waals surface area contributed by atoms with Crippen molar-refractivity contribution in [3.63, 3.8) is 0 Å². The number of benzene rings is 1. The highest BCUT2D eigenvalue weighted by atomic mass is 16.5. The van der Waals surface area contributed by atoms with E-state index in [1.165, 1.54) is 13.2 Å². The Morgan fingerprint density at radius 2 is 2.11 bits per heavy atom. The Kier molecular flexibility index (Phi) is 3.55. The molecule has 0 aliphatic heterocycles.